The lowest BCUT2D eigenvalue weighted by Crippen LogP contribution is -1.81. The van der Waals surface area contributed by atoms with Crippen molar-refractivity contribution in [2.45, 2.75) is 0 Å². The third-order valence-corrected chi connectivity index (χ3v) is 7.09. The van der Waals surface area contributed by atoms with Crippen molar-refractivity contribution in [1.82, 2.24) is 0 Å². The van der Waals surface area contributed by atoms with Gasteiger partial charge < -0.3 is 0 Å². The van der Waals surface area contributed by atoms with Crippen molar-refractivity contribution in [3.63, 3.8) is 0 Å². The molecule has 0 radical (unpaired) electrons. The summed E-state index contributed by atoms with van der Waals surface area (Å²) < 4.78 is 2.76. The molecule has 0 nitrogen and oxygen atoms in total. The maximum absolute atomic E-state index is 2.21. The fourth-order valence-electron chi connectivity index (χ4n) is 4.53. The Kier molecular flexibility index (Phi) is 4.40. The molecule has 1 heteroatoms. The normalized spacial score (nSPS) is 11.2. The second-order valence-electron chi connectivity index (χ2n) is 7.73. The van der Waals surface area contributed by atoms with Gasteiger partial charge in [-0.25, -0.2) is 0 Å². The van der Waals surface area contributed by atoms with E-state index in [1.54, 1.807) is 0 Å². The van der Waals surface area contributed by atoms with Gasteiger partial charge in [0, 0.05) is 20.2 Å². The van der Waals surface area contributed by atoms with Crippen LogP contribution in [-0.2, 0) is 0 Å². The highest BCUT2D eigenvalue weighted by atomic mass is 32.1. The fraction of sp³-hybridized carbons (Fsp3) is 0. The Labute approximate surface area is 185 Å². The van der Waals surface area contributed by atoms with Crippen LogP contribution in [0.3, 0.4) is 0 Å². The molecule has 0 spiro atoms. The largest absolute Gasteiger partial charge is 0.135 e. The molecule has 7 rings (SSSR count). The second-order valence-corrected chi connectivity index (χ2v) is 8.81. The van der Waals surface area contributed by atoms with E-state index in [0.29, 0.717) is 0 Å². The summed E-state index contributed by atoms with van der Waals surface area (Å²) in [5, 5.41) is 10.8. The van der Waals surface area contributed by atoms with E-state index in [9.17, 15) is 0 Å². The molecule has 1 heterocycles. The third-order valence-electron chi connectivity index (χ3n) is 5.94. The van der Waals surface area contributed by atoms with Crippen LogP contribution in [0.2, 0.25) is 0 Å². The number of hydrogen-bond donors (Lipinski definition) is 0. The molecule has 7 aromatic rings. The van der Waals surface area contributed by atoms with Gasteiger partial charge in [-0.3, -0.25) is 0 Å². The zero-order valence-electron chi connectivity index (χ0n) is 17.0. The van der Waals surface area contributed by atoms with Gasteiger partial charge in [-0.15, -0.1) is 11.3 Å². The Morgan fingerprint density at radius 2 is 0.484 bits per heavy atom. The van der Waals surface area contributed by atoms with Gasteiger partial charge in [-0.05, 0) is 44.5 Å². The first-order valence-electron chi connectivity index (χ1n) is 10.5. The number of hydrogen-bond acceptors (Lipinski definition) is 1. The summed E-state index contributed by atoms with van der Waals surface area (Å²) >= 11 is 1.86. The third kappa shape index (κ3) is 3.06. The monoisotopic (exact) mass is 412 g/mol. The van der Waals surface area contributed by atoms with Crippen LogP contribution in [0, 0.1) is 0 Å². The van der Waals surface area contributed by atoms with Gasteiger partial charge >= 0.3 is 0 Å². The number of thiophene rings is 1. The summed E-state index contributed by atoms with van der Waals surface area (Å²) in [5.41, 5.74) is 0. The van der Waals surface area contributed by atoms with Crippen molar-refractivity contribution in [2.75, 3.05) is 0 Å². The molecular weight excluding hydrogens is 392 g/mol. The average Bonchev–Trinajstić information content (AvgIpc) is 3.24. The molecule has 0 aliphatic heterocycles. The molecule has 0 saturated heterocycles. The van der Waals surface area contributed by atoms with Gasteiger partial charge in [-0.1, -0.05) is 109 Å². The van der Waals surface area contributed by atoms with E-state index >= 15 is 0 Å². The summed E-state index contributed by atoms with van der Waals surface area (Å²) in [5.74, 6) is 0. The number of benzene rings is 6. The molecule has 0 unspecified atom stereocenters. The van der Waals surface area contributed by atoms with Crippen molar-refractivity contribution >= 4 is 63.8 Å². The van der Waals surface area contributed by atoms with E-state index < -0.39 is 0 Å². The molecule has 1 aromatic heterocycles. The SMILES string of the molecule is c1ccc2c(c1)c1ccccc1c1ccccc21.c1ccc2c(c1)sc1ccccc12. The molecule has 0 aliphatic rings. The van der Waals surface area contributed by atoms with Crippen LogP contribution in [-0.4, -0.2) is 0 Å². The van der Waals surface area contributed by atoms with Crippen LogP contribution in [0.25, 0.3) is 52.5 Å². The number of fused-ring (bicyclic) bond motifs is 9. The molecule has 6 aromatic carbocycles. The highest BCUT2D eigenvalue weighted by Gasteiger charge is 2.06. The Balaban J connectivity index is 0.000000126. The van der Waals surface area contributed by atoms with Gasteiger partial charge in [0.1, 0.15) is 0 Å². The molecule has 0 saturated carbocycles. The van der Waals surface area contributed by atoms with Crippen molar-refractivity contribution < 1.29 is 0 Å². The van der Waals surface area contributed by atoms with Gasteiger partial charge in [0.25, 0.3) is 0 Å². The van der Waals surface area contributed by atoms with Crippen LogP contribution >= 0.6 is 11.3 Å². The van der Waals surface area contributed by atoms with E-state index in [2.05, 4.69) is 121 Å². The van der Waals surface area contributed by atoms with E-state index in [-0.39, 0.29) is 0 Å². The van der Waals surface area contributed by atoms with E-state index in [0.717, 1.165) is 0 Å². The molecule has 146 valence electrons. The highest BCUT2D eigenvalue weighted by molar-refractivity contribution is 7.25. The average molecular weight is 413 g/mol. The van der Waals surface area contributed by atoms with Gasteiger partial charge in [0.05, 0.1) is 0 Å². The molecular formula is C30H20S. The van der Waals surface area contributed by atoms with Crippen LogP contribution in [0.5, 0.6) is 0 Å². The van der Waals surface area contributed by atoms with E-state index in [1.165, 1.54) is 52.5 Å². The summed E-state index contributed by atoms with van der Waals surface area (Å²) in [7, 11) is 0. The summed E-state index contributed by atoms with van der Waals surface area (Å²) in [4.78, 5) is 0. The lowest BCUT2D eigenvalue weighted by atomic mass is 9.95. The van der Waals surface area contributed by atoms with Crippen molar-refractivity contribution in [3.05, 3.63) is 121 Å². The predicted molar refractivity (Wildman–Crippen MR) is 138 cm³/mol. The molecule has 0 amide bonds. The minimum Gasteiger partial charge on any atom is -0.135 e. The molecule has 31 heavy (non-hydrogen) atoms. The molecule has 0 atom stereocenters. The summed E-state index contributed by atoms with van der Waals surface area (Å²) in [6.45, 7) is 0. The van der Waals surface area contributed by atoms with Crippen molar-refractivity contribution in [2.24, 2.45) is 0 Å². The first-order valence-corrected chi connectivity index (χ1v) is 11.4. The smallest absolute Gasteiger partial charge is 0.0355 e. The maximum atomic E-state index is 2.21. The zero-order valence-corrected chi connectivity index (χ0v) is 17.8. The van der Waals surface area contributed by atoms with E-state index in [1.807, 2.05) is 11.3 Å². The van der Waals surface area contributed by atoms with Crippen LogP contribution in [0.4, 0.5) is 0 Å². The minimum absolute atomic E-state index is 1.34. The molecule has 0 fully saturated rings. The quantitative estimate of drug-likeness (QED) is 0.218. The minimum atomic E-state index is 1.34. The van der Waals surface area contributed by atoms with Crippen molar-refractivity contribution in [1.29, 1.82) is 0 Å². The second kappa shape index (κ2) is 7.54. The van der Waals surface area contributed by atoms with Crippen LogP contribution < -0.4 is 0 Å². The van der Waals surface area contributed by atoms with Gasteiger partial charge in [0.2, 0.25) is 0 Å². The first kappa shape index (κ1) is 18.1. The Bertz CT molecular complexity index is 1420. The first-order chi connectivity index (χ1) is 15.4. The number of rotatable bonds is 0. The van der Waals surface area contributed by atoms with Gasteiger partial charge in [-0.2, -0.15) is 0 Å². The standard InChI is InChI=1S/C18H12.C12H8S/c1-2-8-14-13(7-1)15-9-3-4-11-17(15)18-12-6-5-10-16(14)18;1-3-7-11-9(5-1)10-6-2-4-8-12(10)13-11/h1-12H;1-8H. The zero-order chi connectivity index (χ0) is 20.6. The lowest BCUT2D eigenvalue weighted by molar-refractivity contribution is 1.77. The van der Waals surface area contributed by atoms with Crippen LogP contribution in [0.1, 0.15) is 0 Å². The van der Waals surface area contributed by atoms with Gasteiger partial charge in [0.15, 0.2) is 0 Å². The molecule has 0 N–H and O–H groups in total. The Hall–Kier alpha value is -3.68. The molecule has 0 bridgehead atoms. The molecule has 0 aliphatic carbocycles. The summed E-state index contributed by atoms with van der Waals surface area (Å²) in [6, 6.07) is 43.1. The van der Waals surface area contributed by atoms with E-state index in [4.69, 9.17) is 0 Å². The summed E-state index contributed by atoms with van der Waals surface area (Å²) in [6.07, 6.45) is 0. The maximum Gasteiger partial charge on any atom is 0.0355 e. The Morgan fingerprint density at radius 3 is 0.774 bits per heavy atom. The lowest BCUT2D eigenvalue weighted by Gasteiger charge is -2.09. The highest BCUT2D eigenvalue weighted by Crippen LogP contribution is 2.34. The predicted octanol–water partition coefficient (Wildman–Crippen LogP) is 9.20. The Morgan fingerprint density at radius 1 is 0.258 bits per heavy atom. The topological polar surface area (TPSA) is 0 Å². The van der Waals surface area contributed by atoms with Crippen molar-refractivity contribution in [3.8, 4) is 0 Å². The fourth-order valence-corrected chi connectivity index (χ4v) is 5.64. The van der Waals surface area contributed by atoms with Crippen LogP contribution in [0.15, 0.2) is 121 Å².